The largest absolute Gasteiger partial charge is 0.272 e. The van der Waals surface area contributed by atoms with Gasteiger partial charge in [0.2, 0.25) is 5.91 Å². The second-order valence-corrected chi connectivity index (χ2v) is 9.57. The smallest absolute Gasteiger partial charge is 0.249 e. The fourth-order valence-corrected chi connectivity index (χ4v) is 5.30. The molecule has 8 heteroatoms. The predicted molar refractivity (Wildman–Crippen MR) is 123 cm³/mol. The molecule has 34 heavy (non-hydrogen) atoms. The number of hydroxylamine groups is 2. The second-order valence-electron chi connectivity index (χ2n) is 9.57. The summed E-state index contributed by atoms with van der Waals surface area (Å²) in [6, 6.07) is 7.95. The van der Waals surface area contributed by atoms with Crippen molar-refractivity contribution in [2.24, 2.45) is 11.8 Å². The minimum atomic E-state index is -0.471. The summed E-state index contributed by atoms with van der Waals surface area (Å²) in [5, 5.41) is 15.4. The van der Waals surface area contributed by atoms with Gasteiger partial charge in [-0.3, -0.25) is 9.63 Å². The van der Waals surface area contributed by atoms with E-state index in [2.05, 4.69) is 18.0 Å². The van der Waals surface area contributed by atoms with Crippen molar-refractivity contribution in [3.63, 3.8) is 0 Å². The van der Waals surface area contributed by atoms with Crippen molar-refractivity contribution in [2.75, 3.05) is 6.61 Å². The summed E-state index contributed by atoms with van der Waals surface area (Å²) in [7, 11) is 0. The second kappa shape index (κ2) is 9.15. The Bertz CT molecular complexity index is 1270. The maximum atomic E-state index is 14.0. The number of hydrogen-bond donors (Lipinski definition) is 0. The number of nitrogens with zero attached hydrogens (tertiary/aromatic N) is 5. The van der Waals surface area contributed by atoms with Gasteiger partial charge in [0.1, 0.15) is 5.82 Å². The van der Waals surface area contributed by atoms with Crippen molar-refractivity contribution < 1.29 is 14.0 Å². The first-order valence-electron chi connectivity index (χ1n) is 11.9. The lowest BCUT2D eigenvalue weighted by atomic mass is 9.79. The van der Waals surface area contributed by atoms with Gasteiger partial charge in [-0.15, -0.1) is 0 Å². The lowest BCUT2D eigenvalue weighted by molar-refractivity contribution is -0.183. The lowest BCUT2D eigenvalue weighted by Crippen LogP contribution is -2.37. The molecule has 3 aromatic rings. The number of benzene rings is 1. The fraction of sp³-hybridized carbons (Fsp3) is 0.462. The molecule has 3 heterocycles. The van der Waals surface area contributed by atoms with Gasteiger partial charge in [0, 0.05) is 12.3 Å². The SMILES string of the molecule is Cc1cn2nc(C[C@H]3CC[C@H](C(=O)N4OCC[C@H]4c4cc(F)cc(C#N)c4)CC3)c(C)cc2n1. The average molecular weight is 462 g/mol. The number of fused-ring (bicyclic) bond motifs is 1. The van der Waals surface area contributed by atoms with Crippen LogP contribution in [0, 0.1) is 42.8 Å². The quantitative estimate of drug-likeness (QED) is 0.567. The molecule has 7 nitrogen and oxygen atoms in total. The van der Waals surface area contributed by atoms with Crippen molar-refractivity contribution >= 4 is 11.6 Å². The van der Waals surface area contributed by atoms with Crippen LogP contribution in [-0.4, -0.2) is 32.2 Å². The Hall–Kier alpha value is -3.31. The van der Waals surface area contributed by atoms with E-state index in [0.717, 1.165) is 54.7 Å². The molecule has 2 aliphatic rings. The van der Waals surface area contributed by atoms with Gasteiger partial charge in [-0.25, -0.2) is 19.0 Å². The highest BCUT2D eigenvalue weighted by atomic mass is 19.1. The van der Waals surface area contributed by atoms with E-state index < -0.39 is 5.82 Å². The summed E-state index contributed by atoms with van der Waals surface area (Å²) in [5.41, 5.74) is 4.92. The van der Waals surface area contributed by atoms with Gasteiger partial charge < -0.3 is 0 Å². The van der Waals surface area contributed by atoms with Crippen LogP contribution >= 0.6 is 0 Å². The number of rotatable bonds is 4. The molecule has 0 unspecified atom stereocenters. The number of nitriles is 1. The molecule has 1 aliphatic heterocycles. The minimum Gasteiger partial charge on any atom is -0.272 e. The van der Waals surface area contributed by atoms with Gasteiger partial charge in [0.25, 0.3) is 0 Å². The van der Waals surface area contributed by atoms with E-state index in [9.17, 15) is 14.4 Å². The van der Waals surface area contributed by atoms with Crippen LogP contribution in [0.5, 0.6) is 0 Å². The summed E-state index contributed by atoms with van der Waals surface area (Å²) < 4.78 is 15.8. The molecule has 0 spiro atoms. The first kappa shape index (κ1) is 22.5. The highest BCUT2D eigenvalue weighted by Gasteiger charge is 2.37. The van der Waals surface area contributed by atoms with Crippen LogP contribution < -0.4 is 0 Å². The standard InChI is InChI=1S/C26H28FN5O2/c1-16-9-25-29-17(2)15-31(25)30-23(16)12-18-3-5-20(6-4-18)26(33)32-24(7-8-34-32)21-10-19(14-28)11-22(27)13-21/h9-11,13,15,18,20,24H,3-8,12H2,1-2H3/t18-,20-,24-/m0/s1. The van der Waals surface area contributed by atoms with Crippen molar-refractivity contribution in [3.8, 4) is 6.07 Å². The molecular formula is C26H28FN5O2. The highest BCUT2D eigenvalue weighted by Crippen LogP contribution is 2.37. The molecule has 0 bridgehead atoms. The monoisotopic (exact) mass is 461 g/mol. The molecule has 1 aromatic carbocycles. The molecule has 1 amide bonds. The Morgan fingerprint density at radius 1 is 1.18 bits per heavy atom. The van der Waals surface area contributed by atoms with E-state index in [-0.39, 0.29) is 23.4 Å². The van der Waals surface area contributed by atoms with Crippen molar-refractivity contribution in [2.45, 2.75) is 58.4 Å². The molecule has 1 atom stereocenters. The zero-order valence-electron chi connectivity index (χ0n) is 19.5. The summed E-state index contributed by atoms with van der Waals surface area (Å²) >= 11 is 0. The number of aromatic nitrogens is 3. The molecule has 0 radical (unpaired) electrons. The van der Waals surface area contributed by atoms with Gasteiger partial charge in [-0.2, -0.15) is 10.4 Å². The maximum Gasteiger partial charge on any atom is 0.249 e. The third kappa shape index (κ3) is 4.40. The van der Waals surface area contributed by atoms with E-state index >= 15 is 0 Å². The molecule has 1 saturated heterocycles. The van der Waals surface area contributed by atoms with Gasteiger partial charge >= 0.3 is 0 Å². The number of imidazole rings is 1. The van der Waals surface area contributed by atoms with E-state index in [0.29, 0.717) is 24.5 Å². The zero-order valence-corrected chi connectivity index (χ0v) is 19.5. The normalized spacial score (nSPS) is 22.8. The average Bonchev–Trinajstić information content (AvgIpc) is 3.45. The molecule has 176 valence electrons. The van der Waals surface area contributed by atoms with Crippen LogP contribution in [-0.2, 0) is 16.1 Å². The molecule has 1 aliphatic carbocycles. The number of carbonyl (C=O) groups is 1. The summed E-state index contributed by atoms with van der Waals surface area (Å²) in [6.07, 6.45) is 6.94. The van der Waals surface area contributed by atoms with Gasteiger partial charge in [0.05, 0.1) is 41.9 Å². The third-order valence-electron chi connectivity index (χ3n) is 7.10. The molecule has 5 rings (SSSR count). The molecule has 2 aromatic heterocycles. The van der Waals surface area contributed by atoms with E-state index in [4.69, 9.17) is 9.94 Å². The molecule has 0 N–H and O–H groups in total. The Morgan fingerprint density at radius 2 is 1.97 bits per heavy atom. The topological polar surface area (TPSA) is 83.5 Å². The lowest BCUT2D eigenvalue weighted by Gasteiger charge is -2.32. The zero-order chi connectivity index (χ0) is 23.8. The van der Waals surface area contributed by atoms with Gasteiger partial charge in [0.15, 0.2) is 5.65 Å². The fourth-order valence-electron chi connectivity index (χ4n) is 5.30. The summed E-state index contributed by atoms with van der Waals surface area (Å²) in [4.78, 5) is 23.5. The number of halogens is 1. The van der Waals surface area contributed by atoms with Crippen LogP contribution in [0.2, 0.25) is 0 Å². The maximum absolute atomic E-state index is 14.0. The molecular weight excluding hydrogens is 433 g/mol. The number of amides is 1. The molecule has 2 fully saturated rings. The summed E-state index contributed by atoms with van der Waals surface area (Å²) in [5.74, 6) is -0.127. The van der Waals surface area contributed by atoms with E-state index in [1.54, 1.807) is 6.07 Å². The van der Waals surface area contributed by atoms with Crippen LogP contribution in [0.15, 0.2) is 30.5 Å². The number of aryl methyl sites for hydroxylation is 2. The number of carbonyl (C=O) groups excluding carboxylic acids is 1. The third-order valence-corrected chi connectivity index (χ3v) is 7.10. The Balaban J connectivity index is 1.23. The number of hydrogen-bond acceptors (Lipinski definition) is 5. The van der Waals surface area contributed by atoms with Crippen molar-refractivity contribution in [1.82, 2.24) is 19.7 Å². The Morgan fingerprint density at radius 3 is 2.74 bits per heavy atom. The van der Waals surface area contributed by atoms with Gasteiger partial charge in [-0.05, 0) is 87.3 Å². The summed E-state index contributed by atoms with van der Waals surface area (Å²) in [6.45, 7) is 4.45. The van der Waals surface area contributed by atoms with Crippen LogP contribution in [0.4, 0.5) is 4.39 Å². The van der Waals surface area contributed by atoms with Gasteiger partial charge in [-0.1, -0.05) is 0 Å². The van der Waals surface area contributed by atoms with Crippen LogP contribution in [0.25, 0.3) is 5.65 Å². The first-order chi connectivity index (χ1) is 16.4. The first-order valence-corrected chi connectivity index (χ1v) is 11.9. The molecule has 1 saturated carbocycles. The van der Waals surface area contributed by atoms with Crippen molar-refractivity contribution in [1.29, 1.82) is 5.26 Å². The predicted octanol–water partition coefficient (Wildman–Crippen LogP) is 4.61. The van der Waals surface area contributed by atoms with Crippen LogP contribution in [0.3, 0.4) is 0 Å². The van der Waals surface area contributed by atoms with Crippen molar-refractivity contribution in [3.05, 3.63) is 64.4 Å². The highest BCUT2D eigenvalue weighted by molar-refractivity contribution is 5.78. The Labute approximate surface area is 198 Å². The Kier molecular flexibility index (Phi) is 6.05. The van der Waals surface area contributed by atoms with E-state index in [1.165, 1.54) is 17.2 Å². The minimum absolute atomic E-state index is 0.0339. The van der Waals surface area contributed by atoms with E-state index in [1.807, 2.05) is 23.7 Å². The van der Waals surface area contributed by atoms with Crippen LogP contribution in [0.1, 0.15) is 66.2 Å².